The first-order valence-electron chi connectivity index (χ1n) is 13.2. The summed E-state index contributed by atoms with van der Waals surface area (Å²) in [6.07, 6.45) is 3.98. The average Bonchev–Trinajstić information content (AvgIpc) is 3.84. The molecule has 1 aromatic heterocycles. The Bertz CT molecular complexity index is 1640. The molecular formula is C32H28ClN3O6. The van der Waals surface area contributed by atoms with E-state index in [1.54, 1.807) is 24.4 Å². The minimum absolute atomic E-state index is 0.0314. The molecule has 10 heteroatoms. The van der Waals surface area contributed by atoms with E-state index in [9.17, 15) is 19.5 Å². The number of pyridine rings is 1. The third-order valence-corrected chi connectivity index (χ3v) is 7.23. The van der Waals surface area contributed by atoms with Crippen LogP contribution in [0, 0.1) is 5.92 Å². The average molecular weight is 586 g/mol. The highest BCUT2D eigenvalue weighted by molar-refractivity contribution is 6.30. The summed E-state index contributed by atoms with van der Waals surface area (Å²) in [5.74, 6) is -0.967. The summed E-state index contributed by atoms with van der Waals surface area (Å²) >= 11 is 6.07. The lowest BCUT2D eigenvalue weighted by atomic mass is 10.0. The Morgan fingerprint density at radius 3 is 2.29 bits per heavy atom. The fourth-order valence-electron chi connectivity index (χ4n) is 4.51. The van der Waals surface area contributed by atoms with E-state index in [2.05, 4.69) is 15.2 Å². The van der Waals surface area contributed by atoms with Gasteiger partial charge < -0.3 is 24.8 Å². The maximum atomic E-state index is 13.3. The number of halogens is 1. The van der Waals surface area contributed by atoms with Crippen molar-refractivity contribution in [2.75, 3.05) is 31.0 Å². The van der Waals surface area contributed by atoms with Crippen LogP contribution in [-0.2, 0) is 0 Å². The maximum Gasteiger partial charge on any atom is 0.337 e. The summed E-state index contributed by atoms with van der Waals surface area (Å²) in [6.45, 7) is 0.828. The van der Waals surface area contributed by atoms with Crippen molar-refractivity contribution in [1.82, 2.24) is 4.98 Å². The molecule has 42 heavy (non-hydrogen) atoms. The third kappa shape index (κ3) is 6.37. The number of carbonyl (C=O) groups excluding carboxylic acids is 2. The van der Waals surface area contributed by atoms with Crippen molar-refractivity contribution in [3.05, 3.63) is 106 Å². The van der Waals surface area contributed by atoms with E-state index in [1.165, 1.54) is 51.3 Å². The van der Waals surface area contributed by atoms with Crippen LogP contribution in [0.4, 0.5) is 17.1 Å². The molecule has 9 nitrogen and oxygen atoms in total. The van der Waals surface area contributed by atoms with Gasteiger partial charge in [-0.3, -0.25) is 14.6 Å². The molecule has 5 rings (SSSR count). The molecule has 0 aliphatic heterocycles. The smallest absolute Gasteiger partial charge is 0.337 e. The maximum absolute atomic E-state index is 13.3. The molecular weight excluding hydrogens is 558 g/mol. The van der Waals surface area contributed by atoms with Crippen LogP contribution in [0.5, 0.6) is 11.5 Å². The number of benzene rings is 3. The van der Waals surface area contributed by atoms with Crippen LogP contribution in [0.25, 0.3) is 0 Å². The van der Waals surface area contributed by atoms with Crippen LogP contribution >= 0.6 is 11.6 Å². The van der Waals surface area contributed by atoms with Crippen LogP contribution in [0.3, 0.4) is 0 Å². The molecule has 0 unspecified atom stereocenters. The summed E-state index contributed by atoms with van der Waals surface area (Å²) in [4.78, 5) is 44.9. The molecule has 0 radical (unpaired) electrons. The zero-order chi connectivity index (χ0) is 29.8. The highest BCUT2D eigenvalue weighted by Gasteiger charge is 2.26. The molecule has 0 saturated heterocycles. The first-order valence-corrected chi connectivity index (χ1v) is 13.6. The second-order valence-electron chi connectivity index (χ2n) is 9.85. The number of aromatic nitrogens is 1. The summed E-state index contributed by atoms with van der Waals surface area (Å²) in [5, 5.41) is 13.1. The lowest BCUT2D eigenvalue weighted by Crippen LogP contribution is -2.20. The quantitative estimate of drug-likeness (QED) is 0.192. The molecule has 0 atom stereocenters. The van der Waals surface area contributed by atoms with Crippen molar-refractivity contribution < 1.29 is 29.0 Å². The number of carboxylic acids is 1. The molecule has 3 aromatic carbocycles. The van der Waals surface area contributed by atoms with E-state index < -0.39 is 17.7 Å². The van der Waals surface area contributed by atoms with Crippen molar-refractivity contribution in [2.45, 2.75) is 12.8 Å². The number of rotatable bonds is 11. The largest absolute Gasteiger partial charge is 0.497 e. The van der Waals surface area contributed by atoms with Crippen molar-refractivity contribution in [2.24, 2.45) is 5.92 Å². The number of amides is 1. The van der Waals surface area contributed by atoms with Gasteiger partial charge in [-0.05, 0) is 85.5 Å². The van der Waals surface area contributed by atoms with E-state index in [1.807, 2.05) is 30.3 Å². The molecule has 1 aliphatic carbocycles. The second-order valence-corrected chi connectivity index (χ2v) is 10.3. The number of ether oxygens (including phenoxy) is 2. The van der Waals surface area contributed by atoms with E-state index in [0.29, 0.717) is 16.7 Å². The number of ketones is 1. The van der Waals surface area contributed by atoms with Crippen molar-refractivity contribution >= 4 is 46.3 Å². The molecule has 1 heterocycles. The minimum atomic E-state index is -1.30. The van der Waals surface area contributed by atoms with Gasteiger partial charge in [0.05, 0.1) is 42.9 Å². The summed E-state index contributed by atoms with van der Waals surface area (Å²) in [7, 11) is 2.91. The van der Waals surface area contributed by atoms with Crippen LogP contribution in [-0.4, -0.2) is 48.5 Å². The lowest BCUT2D eigenvalue weighted by Gasteiger charge is -2.25. The highest BCUT2D eigenvalue weighted by atomic mass is 35.5. The van der Waals surface area contributed by atoms with Gasteiger partial charge >= 0.3 is 5.97 Å². The van der Waals surface area contributed by atoms with Crippen molar-refractivity contribution in [3.8, 4) is 11.5 Å². The first kappa shape index (κ1) is 28.6. The first-order chi connectivity index (χ1) is 20.3. The molecule has 1 fully saturated rings. The second kappa shape index (κ2) is 12.3. The SMILES string of the molecule is COc1ccc(C(=O)Nc2ccc(C(=O)c3ccc(N(CC4CC4)c4ccc(Cl)cc4)cn3)cc2C(=O)O)c(OC)c1. The number of methoxy groups -OCH3 is 2. The number of hydrogen-bond acceptors (Lipinski definition) is 7. The van der Waals surface area contributed by atoms with E-state index in [-0.39, 0.29) is 33.8 Å². The third-order valence-electron chi connectivity index (χ3n) is 6.98. The Morgan fingerprint density at radius 1 is 0.929 bits per heavy atom. The van der Waals surface area contributed by atoms with E-state index >= 15 is 0 Å². The predicted octanol–water partition coefficient (Wildman–Crippen LogP) is 6.48. The van der Waals surface area contributed by atoms with Gasteiger partial charge in [0.15, 0.2) is 0 Å². The number of hydrogen-bond donors (Lipinski definition) is 2. The number of nitrogens with one attached hydrogen (secondary N) is 1. The Morgan fingerprint density at radius 2 is 1.67 bits per heavy atom. The van der Waals surface area contributed by atoms with Gasteiger partial charge in [-0.25, -0.2) is 4.79 Å². The number of aromatic carboxylic acids is 1. The minimum Gasteiger partial charge on any atom is -0.497 e. The molecule has 0 bridgehead atoms. The van der Waals surface area contributed by atoms with Gasteiger partial charge in [-0.1, -0.05) is 11.6 Å². The fraction of sp³-hybridized carbons (Fsp3) is 0.188. The lowest BCUT2D eigenvalue weighted by molar-refractivity contribution is 0.0698. The molecule has 1 aliphatic rings. The van der Waals surface area contributed by atoms with Crippen molar-refractivity contribution in [1.29, 1.82) is 0 Å². The van der Waals surface area contributed by atoms with Gasteiger partial charge in [-0.15, -0.1) is 0 Å². The van der Waals surface area contributed by atoms with Gasteiger partial charge in [0, 0.05) is 28.9 Å². The normalized spacial score (nSPS) is 12.4. The molecule has 2 N–H and O–H groups in total. The molecule has 0 spiro atoms. The standard InChI is InChI=1S/C32H28ClN3O6/c1-41-24-11-12-25(29(16-24)42-2)31(38)35-27-13-5-20(15-26(27)32(39)40)30(37)28-14-10-23(17-34-28)36(18-19-3-4-19)22-8-6-21(33)7-9-22/h5-17,19H,3-4,18H2,1-2H3,(H,35,38)(H,39,40). The number of anilines is 3. The molecule has 4 aromatic rings. The Labute approximate surface area is 247 Å². The summed E-state index contributed by atoms with van der Waals surface area (Å²) in [5.41, 5.74) is 2.08. The van der Waals surface area contributed by atoms with Crippen LogP contribution in [0.1, 0.15) is 49.6 Å². The van der Waals surface area contributed by atoms with Crippen LogP contribution < -0.4 is 19.7 Å². The van der Waals surface area contributed by atoms with Crippen LogP contribution in [0.15, 0.2) is 79.0 Å². The molecule has 214 valence electrons. The van der Waals surface area contributed by atoms with E-state index in [0.717, 1.165) is 17.9 Å². The Balaban J connectivity index is 1.37. The van der Waals surface area contributed by atoms with E-state index in [4.69, 9.17) is 21.1 Å². The topological polar surface area (TPSA) is 118 Å². The molecule has 1 amide bonds. The highest BCUT2D eigenvalue weighted by Crippen LogP contribution is 2.35. The fourth-order valence-corrected chi connectivity index (χ4v) is 4.64. The number of nitrogens with zero attached hydrogens (tertiary/aromatic N) is 2. The van der Waals surface area contributed by atoms with Crippen molar-refractivity contribution in [3.63, 3.8) is 0 Å². The van der Waals surface area contributed by atoms with Crippen LogP contribution in [0.2, 0.25) is 5.02 Å². The van der Waals surface area contributed by atoms with Gasteiger partial charge in [0.1, 0.15) is 17.2 Å². The Kier molecular flexibility index (Phi) is 8.40. The van der Waals surface area contributed by atoms with Gasteiger partial charge in [0.2, 0.25) is 5.78 Å². The monoisotopic (exact) mass is 585 g/mol. The number of carboxylic acid groups (broad SMARTS) is 1. The summed E-state index contributed by atoms with van der Waals surface area (Å²) in [6, 6.07) is 19.7. The molecule has 1 saturated carbocycles. The Hall–Kier alpha value is -4.89. The van der Waals surface area contributed by atoms with Gasteiger partial charge in [-0.2, -0.15) is 0 Å². The summed E-state index contributed by atoms with van der Waals surface area (Å²) < 4.78 is 10.4. The number of carbonyl (C=O) groups is 3. The zero-order valence-corrected chi connectivity index (χ0v) is 23.7. The predicted molar refractivity (Wildman–Crippen MR) is 160 cm³/mol. The van der Waals surface area contributed by atoms with Gasteiger partial charge in [0.25, 0.3) is 5.91 Å². The zero-order valence-electron chi connectivity index (χ0n) is 23.0.